The summed E-state index contributed by atoms with van der Waals surface area (Å²) in [6.07, 6.45) is 0.261. The van der Waals surface area contributed by atoms with Crippen LogP contribution in [0.2, 0.25) is 0 Å². The van der Waals surface area contributed by atoms with Crippen LogP contribution in [-0.2, 0) is 20.8 Å². The minimum Gasteiger partial charge on any atom is -0.493 e. The van der Waals surface area contributed by atoms with E-state index in [9.17, 15) is 4.79 Å². The highest BCUT2D eigenvalue weighted by Crippen LogP contribution is 2.12. The van der Waals surface area contributed by atoms with Gasteiger partial charge in [-0.3, -0.25) is 4.79 Å². The lowest BCUT2D eigenvalue weighted by atomic mass is 10.2. The molecule has 0 bridgehead atoms. The maximum atomic E-state index is 10.9. The van der Waals surface area contributed by atoms with E-state index in [-0.39, 0.29) is 12.4 Å². The Morgan fingerprint density at radius 3 is 2.53 bits per heavy atom. The van der Waals surface area contributed by atoms with Crippen molar-refractivity contribution in [3.8, 4) is 5.75 Å². The smallest absolute Gasteiger partial charge is 0.308 e. The van der Waals surface area contributed by atoms with Crippen LogP contribution in [0.4, 0.5) is 0 Å². The van der Waals surface area contributed by atoms with Gasteiger partial charge in [0.05, 0.1) is 26.7 Å². The molecule has 19 heavy (non-hydrogen) atoms. The van der Waals surface area contributed by atoms with Gasteiger partial charge >= 0.3 is 5.97 Å². The third-order valence-electron chi connectivity index (χ3n) is 2.54. The van der Waals surface area contributed by atoms with Crippen molar-refractivity contribution in [3.63, 3.8) is 0 Å². The molecule has 0 radical (unpaired) electrons. The molecule has 0 amide bonds. The van der Waals surface area contributed by atoms with Crippen LogP contribution in [0.15, 0.2) is 24.3 Å². The molecule has 1 rings (SSSR count). The molecule has 0 heterocycles. The summed E-state index contributed by atoms with van der Waals surface area (Å²) in [5.41, 5.74) is 1.18. The number of esters is 1. The van der Waals surface area contributed by atoms with Crippen LogP contribution in [0, 0.1) is 0 Å². The van der Waals surface area contributed by atoms with E-state index in [1.165, 1.54) is 12.7 Å². The molecule has 0 aliphatic carbocycles. The summed E-state index contributed by atoms with van der Waals surface area (Å²) in [4.78, 5) is 10.9. The number of nitrogens with one attached hydrogen (secondary N) is 1. The summed E-state index contributed by atoms with van der Waals surface area (Å²) in [7, 11) is 3.05. The first-order chi connectivity index (χ1) is 9.26. The molecule has 0 saturated carbocycles. The van der Waals surface area contributed by atoms with Crippen LogP contribution < -0.4 is 10.1 Å². The third kappa shape index (κ3) is 6.79. The first-order valence-corrected chi connectivity index (χ1v) is 6.24. The largest absolute Gasteiger partial charge is 0.493 e. The van der Waals surface area contributed by atoms with Crippen LogP contribution in [0.25, 0.3) is 0 Å². The monoisotopic (exact) mass is 267 g/mol. The summed E-state index contributed by atoms with van der Waals surface area (Å²) in [6.45, 7) is 2.66. The molecule has 1 aromatic carbocycles. The molecule has 0 spiro atoms. The zero-order valence-corrected chi connectivity index (χ0v) is 11.5. The quantitative estimate of drug-likeness (QED) is 0.541. The summed E-state index contributed by atoms with van der Waals surface area (Å²) < 4.78 is 14.9. The minimum atomic E-state index is -0.265. The Bertz CT molecular complexity index is 364. The zero-order chi connectivity index (χ0) is 13.9. The van der Waals surface area contributed by atoms with Gasteiger partial charge in [-0.05, 0) is 17.7 Å². The van der Waals surface area contributed by atoms with Crippen molar-refractivity contribution in [2.45, 2.75) is 13.0 Å². The number of carbonyl (C=O) groups is 1. The van der Waals surface area contributed by atoms with Crippen molar-refractivity contribution in [2.24, 2.45) is 0 Å². The van der Waals surface area contributed by atoms with Gasteiger partial charge < -0.3 is 19.5 Å². The van der Waals surface area contributed by atoms with Gasteiger partial charge in [0.2, 0.25) is 0 Å². The molecule has 0 unspecified atom stereocenters. The highest BCUT2D eigenvalue weighted by molar-refractivity contribution is 5.69. The van der Waals surface area contributed by atoms with Gasteiger partial charge in [0.1, 0.15) is 5.75 Å². The lowest BCUT2D eigenvalue weighted by Crippen LogP contribution is -2.18. The number of methoxy groups -OCH3 is 2. The van der Waals surface area contributed by atoms with Crippen molar-refractivity contribution in [2.75, 3.05) is 34.0 Å². The van der Waals surface area contributed by atoms with Gasteiger partial charge in [-0.25, -0.2) is 0 Å². The normalized spacial score (nSPS) is 10.2. The van der Waals surface area contributed by atoms with Gasteiger partial charge in [0, 0.05) is 20.2 Å². The Kier molecular flexibility index (Phi) is 7.62. The fourth-order valence-electron chi connectivity index (χ4n) is 1.46. The van der Waals surface area contributed by atoms with E-state index in [0.29, 0.717) is 13.2 Å². The highest BCUT2D eigenvalue weighted by Gasteiger charge is 2.01. The van der Waals surface area contributed by atoms with Crippen molar-refractivity contribution < 1.29 is 19.0 Å². The topological polar surface area (TPSA) is 56.8 Å². The number of hydrogen-bond donors (Lipinski definition) is 1. The summed E-state index contributed by atoms with van der Waals surface area (Å²) in [5.74, 6) is 0.489. The van der Waals surface area contributed by atoms with E-state index in [0.717, 1.165) is 18.8 Å². The fraction of sp³-hybridized carbons (Fsp3) is 0.500. The van der Waals surface area contributed by atoms with Gasteiger partial charge in [-0.2, -0.15) is 0 Å². The molecule has 0 fully saturated rings. The highest BCUT2D eigenvalue weighted by atomic mass is 16.5. The first-order valence-electron chi connectivity index (χ1n) is 6.24. The molecule has 106 valence electrons. The third-order valence-corrected chi connectivity index (χ3v) is 2.54. The van der Waals surface area contributed by atoms with E-state index >= 15 is 0 Å². The lowest BCUT2D eigenvalue weighted by molar-refractivity contribution is -0.141. The van der Waals surface area contributed by atoms with E-state index in [1.807, 2.05) is 24.3 Å². The van der Waals surface area contributed by atoms with Gasteiger partial charge in [-0.1, -0.05) is 12.1 Å². The maximum absolute atomic E-state index is 10.9. The molecule has 5 heteroatoms. The molecule has 0 aromatic heterocycles. The summed E-state index contributed by atoms with van der Waals surface area (Å²) in [6, 6.07) is 7.77. The van der Waals surface area contributed by atoms with Crippen LogP contribution in [0.1, 0.15) is 12.0 Å². The maximum Gasteiger partial charge on any atom is 0.308 e. The second-order valence-electron chi connectivity index (χ2n) is 3.99. The van der Waals surface area contributed by atoms with Crippen molar-refractivity contribution in [1.29, 1.82) is 0 Å². The second-order valence-corrected chi connectivity index (χ2v) is 3.99. The van der Waals surface area contributed by atoms with E-state index in [2.05, 4.69) is 10.1 Å². The van der Waals surface area contributed by atoms with Gasteiger partial charge in [0.25, 0.3) is 0 Å². The average molecular weight is 267 g/mol. The Morgan fingerprint density at radius 2 is 1.89 bits per heavy atom. The lowest BCUT2D eigenvalue weighted by Gasteiger charge is -2.07. The van der Waals surface area contributed by atoms with Crippen LogP contribution >= 0.6 is 0 Å². The molecule has 0 atom stereocenters. The Hall–Kier alpha value is -1.59. The first kappa shape index (κ1) is 15.5. The molecule has 0 saturated heterocycles. The van der Waals surface area contributed by atoms with Crippen LogP contribution in [0.5, 0.6) is 5.75 Å². The number of hydrogen-bond acceptors (Lipinski definition) is 5. The summed E-state index contributed by atoms with van der Waals surface area (Å²) in [5, 5.41) is 3.26. The van der Waals surface area contributed by atoms with E-state index in [1.54, 1.807) is 7.11 Å². The van der Waals surface area contributed by atoms with Crippen molar-refractivity contribution in [3.05, 3.63) is 29.8 Å². The molecule has 1 N–H and O–H groups in total. The van der Waals surface area contributed by atoms with Crippen LogP contribution in [-0.4, -0.2) is 39.9 Å². The molecule has 0 aliphatic rings. The Balaban J connectivity index is 2.25. The minimum absolute atomic E-state index is 0.261. The average Bonchev–Trinajstić information content (AvgIpc) is 2.45. The standard InChI is InChI=1S/C14H21NO4/c1-17-10-8-15-11-12-3-5-13(6-4-12)19-9-7-14(16)18-2/h3-6,15H,7-11H2,1-2H3. The zero-order valence-electron chi connectivity index (χ0n) is 11.5. The summed E-state index contributed by atoms with van der Waals surface area (Å²) >= 11 is 0. The van der Waals surface area contributed by atoms with Crippen LogP contribution in [0.3, 0.4) is 0 Å². The number of ether oxygens (including phenoxy) is 3. The molecular weight excluding hydrogens is 246 g/mol. The molecule has 1 aromatic rings. The number of rotatable bonds is 9. The Morgan fingerprint density at radius 1 is 1.16 bits per heavy atom. The van der Waals surface area contributed by atoms with E-state index in [4.69, 9.17) is 9.47 Å². The second kappa shape index (κ2) is 9.35. The molecule has 5 nitrogen and oxygen atoms in total. The molecular formula is C14H21NO4. The predicted octanol–water partition coefficient (Wildman–Crippen LogP) is 1.36. The van der Waals surface area contributed by atoms with Gasteiger partial charge in [-0.15, -0.1) is 0 Å². The number of carbonyl (C=O) groups excluding carboxylic acids is 1. The molecule has 0 aliphatic heterocycles. The van der Waals surface area contributed by atoms with Crippen molar-refractivity contribution in [1.82, 2.24) is 5.32 Å². The van der Waals surface area contributed by atoms with E-state index < -0.39 is 0 Å². The fourth-order valence-corrected chi connectivity index (χ4v) is 1.46. The van der Waals surface area contributed by atoms with Gasteiger partial charge in [0.15, 0.2) is 0 Å². The Labute approximate surface area is 113 Å². The predicted molar refractivity (Wildman–Crippen MR) is 72.2 cm³/mol. The van der Waals surface area contributed by atoms with Crippen molar-refractivity contribution >= 4 is 5.97 Å². The SMILES string of the molecule is COCCNCc1ccc(OCCC(=O)OC)cc1. The number of benzene rings is 1.